The molecule has 5 N–H and O–H groups in total. The third kappa shape index (κ3) is 8.27. The van der Waals surface area contributed by atoms with E-state index in [1.54, 1.807) is 25.2 Å². The highest BCUT2D eigenvalue weighted by atomic mass is 16.5. The molecular formula is C34H37N3O5. The largest absolute Gasteiger partial charge is 0.491 e. The van der Waals surface area contributed by atoms with Crippen molar-refractivity contribution >= 4 is 11.8 Å². The Kier molecular flexibility index (Phi) is 10.8. The van der Waals surface area contributed by atoms with E-state index in [4.69, 9.17) is 10.5 Å². The normalized spacial score (nSPS) is 12.5. The highest BCUT2D eigenvalue weighted by molar-refractivity contribution is 6.03. The van der Waals surface area contributed by atoms with Gasteiger partial charge in [-0.05, 0) is 59.0 Å². The van der Waals surface area contributed by atoms with Crippen LogP contribution in [-0.2, 0) is 13.0 Å². The van der Waals surface area contributed by atoms with Gasteiger partial charge < -0.3 is 26.0 Å². The van der Waals surface area contributed by atoms with Crippen molar-refractivity contribution in [3.8, 4) is 16.9 Å². The van der Waals surface area contributed by atoms with Gasteiger partial charge in [0.15, 0.2) is 0 Å². The summed E-state index contributed by atoms with van der Waals surface area (Å²) in [4.78, 5) is 26.4. The highest BCUT2D eigenvalue weighted by Gasteiger charge is 2.22. The maximum Gasteiger partial charge on any atom is 0.251 e. The summed E-state index contributed by atoms with van der Waals surface area (Å²) in [5.41, 5.74) is 9.71. The number of amides is 2. The number of hydrogen-bond donors (Lipinski definition) is 4. The third-order valence-electron chi connectivity index (χ3n) is 7.10. The van der Waals surface area contributed by atoms with Crippen molar-refractivity contribution in [2.45, 2.75) is 25.1 Å². The molecule has 4 rings (SSSR count). The molecular weight excluding hydrogens is 530 g/mol. The van der Waals surface area contributed by atoms with Crippen LogP contribution in [0.5, 0.6) is 5.75 Å². The van der Waals surface area contributed by atoms with Gasteiger partial charge in [-0.25, -0.2) is 0 Å². The van der Waals surface area contributed by atoms with Crippen LogP contribution in [-0.4, -0.2) is 65.9 Å². The van der Waals surface area contributed by atoms with Crippen LogP contribution in [0.2, 0.25) is 0 Å². The van der Waals surface area contributed by atoms with Crippen LogP contribution in [0.4, 0.5) is 0 Å². The fraction of sp³-hybridized carbons (Fsp3) is 0.235. The van der Waals surface area contributed by atoms with E-state index in [0.717, 1.165) is 16.7 Å². The zero-order valence-corrected chi connectivity index (χ0v) is 23.6. The molecule has 0 saturated heterocycles. The van der Waals surface area contributed by atoms with Gasteiger partial charge in [-0.15, -0.1) is 0 Å². The van der Waals surface area contributed by atoms with Crippen molar-refractivity contribution in [3.63, 3.8) is 0 Å². The molecule has 0 aliphatic rings. The number of nitrogens with one attached hydrogen (secondary N) is 1. The Morgan fingerprint density at radius 1 is 0.905 bits per heavy atom. The molecule has 218 valence electrons. The number of nitrogens with two attached hydrogens (primary N) is 1. The van der Waals surface area contributed by atoms with E-state index in [9.17, 15) is 19.8 Å². The zero-order valence-electron chi connectivity index (χ0n) is 23.6. The Labute approximate surface area is 246 Å². The molecule has 8 nitrogen and oxygen atoms in total. The number of rotatable bonds is 14. The standard InChI is InChI=1S/C34H37N3O5/c1-36-34(41)27-16-17-31(33(35)40)32(19-27)26-14-12-24(13-15-26)18-28(22-38)37(20-25-8-4-2-5-9-25)21-29(39)23-42-30-10-6-3-7-11-30/h2-17,19,28-29,38-39H,18,20-23H2,1H3,(H2,35,40)(H,36,41)/t28-,29-/m0/s1. The summed E-state index contributed by atoms with van der Waals surface area (Å²) in [6, 6.07) is 31.4. The number of carbonyl (C=O) groups is 2. The first-order valence-electron chi connectivity index (χ1n) is 13.9. The van der Waals surface area contributed by atoms with Crippen LogP contribution in [0, 0.1) is 0 Å². The van der Waals surface area contributed by atoms with E-state index in [-0.39, 0.29) is 25.2 Å². The molecule has 0 saturated carbocycles. The van der Waals surface area contributed by atoms with Gasteiger partial charge in [0.05, 0.1) is 6.61 Å². The van der Waals surface area contributed by atoms with E-state index in [1.807, 2.05) is 84.9 Å². The second-order valence-electron chi connectivity index (χ2n) is 10.1. The molecule has 0 aromatic heterocycles. The lowest BCUT2D eigenvalue weighted by Crippen LogP contribution is -2.44. The first kappa shape index (κ1) is 30.5. The molecule has 2 amide bonds. The number of para-hydroxylation sites is 1. The van der Waals surface area contributed by atoms with Gasteiger partial charge in [-0.3, -0.25) is 14.5 Å². The van der Waals surface area contributed by atoms with Crippen LogP contribution in [0.25, 0.3) is 11.1 Å². The second-order valence-corrected chi connectivity index (χ2v) is 10.1. The monoisotopic (exact) mass is 567 g/mol. The quantitative estimate of drug-likeness (QED) is 0.184. The minimum Gasteiger partial charge on any atom is -0.491 e. The second kappa shape index (κ2) is 14.9. The molecule has 0 unspecified atom stereocenters. The molecule has 42 heavy (non-hydrogen) atoms. The average Bonchev–Trinajstić information content (AvgIpc) is 3.03. The highest BCUT2D eigenvalue weighted by Crippen LogP contribution is 2.26. The Morgan fingerprint density at radius 2 is 1.57 bits per heavy atom. The van der Waals surface area contributed by atoms with Crippen molar-refractivity contribution < 1.29 is 24.5 Å². The Morgan fingerprint density at radius 3 is 2.19 bits per heavy atom. The van der Waals surface area contributed by atoms with Gasteiger partial charge in [0.2, 0.25) is 5.91 Å². The summed E-state index contributed by atoms with van der Waals surface area (Å²) < 4.78 is 5.77. The van der Waals surface area contributed by atoms with Crippen molar-refractivity contribution in [1.29, 1.82) is 0 Å². The van der Waals surface area contributed by atoms with Crippen LogP contribution in [0.15, 0.2) is 103 Å². The molecule has 0 bridgehead atoms. The van der Waals surface area contributed by atoms with Gasteiger partial charge >= 0.3 is 0 Å². The van der Waals surface area contributed by atoms with Crippen LogP contribution in [0.1, 0.15) is 31.8 Å². The molecule has 0 fully saturated rings. The van der Waals surface area contributed by atoms with Gasteiger partial charge in [-0.2, -0.15) is 0 Å². The van der Waals surface area contributed by atoms with E-state index in [1.165, 1.54) is 0 Å². The number of primary amides is 1. The molecule has 8 heteroatoms. The number of ether oxygens (including phenoxy) is 1. The first-order valence-corrected chi connectivity index (χ1v) is 13.9. The summed E-state index contributed by atoms with van der Waals surface area (Å²) in [7, 11) is 1.55. The summed E-state index contributed by atoms with van der Waals surface area (Å²) in [5, 5.41) is 23.9. The molecule has 0 aliphatic heterocycles. The van der Waals surface area contributed by atoms with Crippen LogP contribution >= 0.6 is 0 Å². The van der Waals surface area contributed by atoms with Crippen molar-refractivity contribution in [3.05, 3.63) is 125 Å². The number of aliphatic hydroxyl groups excluding tert-OH is 2. The van der Waals surface area contributed by atoms with Crippen LogP contribution < -0.4 is 15.8 Å². The molecule has 4 aromatic carbocycles. The Bertz CT molecular complexity index is 1450. The average molecular weight is 568 g/mol. The SMILES string of the molecule is CNC(=O)c1ccc(C(N)=O)c(-c2ccc(C[C@@H](CO)N(Cc3ccccc3)C[C@H](O)COc3ccccc3)cc2)c1. The van der Waals surface area contributed by atoms with Gasteiger partial charge in [0.25, 0.3) is 5.91 Å². The first-order chi connectivity index (χ1) is 20.4. The van der Waals surface area contributed by atoms with Gasteiger partial charge in [0.1, 0.15) is 18.5 Å². The van der Waals surface area contributed by atoms with Gasteiger partial charge in [0, 0.05) is 37.3 Å². The minimum atomic E-state index is -0.773. The fourth-order valence-corrected chi connectivity index (χ4v) is 4.88. The number of carbonyl (C=O) groups excluding carboxylic acids is 2. The Hall–Kier alpha value is -4.50. The topological polar surface area (TPSA) is 125 Å². The van der Waals surface area contributed by atoms with E-state index in [2.05, 4.69) is 10.2 Å². The van der Waals surface area contributed by atoms with Crippen molar-refractivity contribution in [1.82, 2.24) is 10.2 Å². The summed E-state index contributed by atoms with van der Waals surface area (Å²) >= 11 is 0. The lowest BCUT2D eigenvalue weighted by molar-refractivity contribution is 0.0335. The fourth-order valence-electron chi connectivity index (χ4n) is 4.88. The van der Waals surface area contributed by atoms with Crippen molar-refractivity contribution in [2.75, 3.05) is 26.8 Å². The van der Waals surface area contributed by atoms with E-state index < -0.39 is 12.0 Å². The van der Waals surface area contributed by atoms with Crippen molar-refractivity contribution in [2.24, 2.45) is 5.73 Å². The smallest absolute Gasteiger partial charge is 0.251 e. The summed E-state index contributed by atoms with van der Waals surface area (Å²) in [5.74, 6) is -0.154. The zero-order chi connectivity index (χ0) is 29.9. The maximum atomic E-state index is 12.2. The number of benzene rings is 4. The van der Waals surface area contributed by atoms with Gasteiger partial charge in [-0.1, -0.05) is 72.8 Å². The summed E-state index contributed by atoms with van der Waals surface area (Å²) in [6.45, 7) is 0.862. The number of nitrogens with zero attached hydrogens (tertiary/aromatic N) is 1. The summed E-state index contributed by atoms with van der Waals surface area (Å²) in [6.07, 6.45) is -0.248. The predicted molar refractivity (Wildman–Crippen MR) is 163 cm³/mol. The number of aliphatic hydroxyl groups is 2. The molecule has 0 heterocycles. The predicted octanol–water partition coefficient (Wildman–Crippen LogP) is 3.66. The minimum absolute atomic E-state index is 0.110. The molecule has 0 aliphatic carbocycles. The molecule has 2 atom stereocenters. The lowest BCUT2D eigenvalue weighted by Gasteiger charge is -2.32. The molecule has 4 aromatic rings. The molecule has 0 radical (unpaired) electrons. The lowest BCUT2D eigenvalue weighted by atomic mass is 9.94. The van der Waals surface area contributed by atoms with E-state index in [0.29, 0.717) is 42.0 Å². The third-order valence-corrected chi connectivity index (χ3v) is 7.10. The van der Waals surface area contributed by atoms with Crippen LogP contribution in [0.3, 0.4) is 0 Å². The Balaban J connectivity index is 1.52. The number of hydrogen-bond acceptors (Lipinski definition) is 6. The molecule has 0 spiro atoms. The van der Waals surface area contributed by atoms with E-state index >= 15 is 0 Å². The maximum absolute atomic E-state index is 12.2.